The summed E-state index contributed by atoms with van der Waals surface area (Å²) in [6.07, 6.45) is 2.98. The van der Waals surface area contributed by atoms with Gasteiger partial charge in [-0.3, -0.25) is 9.59 Å². The first kappa shape index (κ1) is 18.7. The van der Waals surface area contributed by atoms with Crippen LogP contribution in [-0.4, -0.2) is 26.3 Å². The van der Waals surface area contributed by atoms with Crippen LogP contribution < -0.4 is 15.4 Å². The van der Waals surface area contributed by atoms with Crippen LogP contribution in [0.3, 0.4) is 0 Å². The number of nitrogens with one attached hydrogen (secondary N) is 3. The molecule has 134 valence electrons. The molecule has 2 rings (SSSR count). The van der Waals surface area contributed by atoms with Crippen LogP contribution in [0.25, 0.3) is 0 Å². The van der Waals surface area contributed by atoms with Gasteiger partial charge in [-0.15, -0.1) is 0 Å². The summed E-state index contributed by atoms with van der Waals surface area (Å²) in [6, 6.07) is 6.39. The van der Waals surface area contributed by atoms with Gasteiger partial charge < -0.3 is 15.1 Å². The van der Waals surface area contributed by atoms with Gasteiger partial charge >= 0.3 is 0 Å². The van der Waals surface area contributed by atoms with Crippen molar-refractivity contribution in [2.24, 2.45) is 0 Å². The Kier molecular flexibility index (Phi) is 5.94. The van der Waals surface area contributed by atoms with Crippen LogP contribution >= 0.6 is 0 Å². The van der Waals surface area contributed by atoms with E-state index in [9.17, 15) is 18.0 Å². The van der Waals surface area contributed by atoms with Crippen molar-refractivity contribution in [1.29, 1.82) is 0 Å². The SMILES string of the molecule is CC(=O)Nc1ccc(S(=O)(=O)N[C@@H](C)C(=O)NCc2ccoc2)cc1. The number of hydrogen-bond acceptors (Lipinski definition) is 5. The second kappa shape index (κ2) is 7.95. The van der Waals surface area contributed by atoms with E-state index in [-0.39, 0.29) is 17.3 Å². The Morgan fingerprint density at radius 3 is 2.40 bits per heavy atom. The van der Waals surface area contributed by atoms with Crippen LogP contribution in [-0.2, 0) is 26.2 Å². The molecule has 8 nitrogen and oxygen atoms in total. The lowest BCUT2D eigenvalue weighted by Gasteiger charge is -2.14. The number of benzene rings is 1. The average molecular weight is 365 g/mol. The minimum absolute atomic E-state index is 0.00362. The number of carbonyl (C=O) groups is 2. The van der Waals surface area contributed by atoms with Crippen molar-refractivity contribution in [3.8, 4) is 0 Å². The van der Waals surface area contributed by atoms with E-state index < -0.39 is 22.0 Å². The van der Waals surface area contributed by atoms with Crippen molar-refractivity contribution in [2.45, 2.75) is 31.3 Å². The van der Waals surface area contributed by atoms with Gasteiger partial charge in [0, 0.05) is 24.7 Å². The highest BCUT2D eigenvalue weighted by Crippen LogP contribution is 2.14. The summed E-state index contributed by atoms with van der Waals surface area (Å²) in [4.78, 5) is 23.0. The lowest BCUT2D eigenvalue weighted by atomic mass is 10.3. The molecule has 2 amide bonds. The Balaban J connectivity index is 1.96. The van der Waals surface area contributed by atoms with Crippen molar-refractivity contribution in [3.05, 3.63) is 48.4 Å². The highest BCUT2D eigenvalue weighted by atomic mass is 32.2. The van der Waals surface area contributed by atoms with Crippen molar-refractivity contribution < 1.29 is 22.4 Å². The maximum atomic E-state index is 12.3. The van der Waals surface area contributed by atoms with E-state index in [0.717, 1.165) is 5.56 Å². The largest absolute Gasteiger partial charge is 0.472 e. The van der Waals surface area contributed by atoms with Gasteiger partial charge in [0.25, 0.3) is 0 Å². The van der Waals surface area contributed by atoms with Crippen LogP contribution in [0.4, 0.5) is 5.69 Å². The summed E-state index contributed by atoms with van der Waals surface area (Å²) in [6.45, 7) is 3.05. The zero-order valence-electron chi connectivity index (χ0n) is 13.8. The maximum absolute atomic E-state index is 12.3. The van der Waals surface area contributed by atoms with Crippen molar-refractivity contribution in [2.75, 3.05) is 5.32 Å². The zero-order valence-corrected chi connectivity index (χ0v) is 14.6. The van der Waals surface area contributed by atoms with Crippen LogP contribution in [0.2, 0.25) is 0 Å². The lowest BCUT2D eigenvalue weighted by molar-refractivity contribution is -0.122. The van der Waals surface area contributed by atoms with Gasteiger partial charge in [-0.25, -0.2) is 8.42 Å². The number of carbonyl (C=O) groups excluding carboxylic acids is 2. The third kappa shape index (κ3) is 5.44. The number of hydrogen-bond donors (Lipinski definition) is 3. The summed E-state index contributed by atoms with van der Waals surface area (Å²) in [7, 11) is -3.86. The first-order valence-corrected chi connectivity index (χ1v) is 8.95. The molecular weight excluding hydrogens is 346 g/mol. The number of amides is 2. The Bertz CT molecular complexity index is 829. The molecule has 0 unspecified atom stereocenters. The number of furan rings is 1. The minimum Gasteiger partial charge on any atom is -0.472 e. The molecule has 9 heteroatoms. The fourth-order valence-corrected chi connectivity index (χ4v) is 3.21. The maximum Gasteiger partial charge on any atom is 0.241 e. The van der Waals surface area contributed by atoms with E-state index >= 15 is 0 Å². The summed E-state index contributed by atoms with van der Waals surface area (Å²) >= 11 is 0. The summed E-state index contributed by atoms with van der Waals surface area (Å²) in [5.41, 5.74) is 1.26. The average Bonchev–Trinajstić information content (AvgIpc) is 3.05. The van der Waals surface area contributed by atoms with Crippen molar-refractivity contribution in [1.82, 2.24) is 10.0 Å². The van der Waals surface area contributed by atoms with E-state index in [1.165, 1.54) is 50.6 Å². The van der Waals surface area contributed by atoms with E-state index in [2.05, 4.69) is 15.4 Å². The predicted molar refractivity (Wildman–Crippen MR) is 91.1 cm³/mol. The second-order valence-corrected chi connectivity index (χ2v) is 7.11. The monoisotopic (exact) mass is 365 g/mol. The molecule has 0 radical (unpaired) electrons. The Hall–Kier alpha value is -2.65. The minimum atomic E-state index is -3.86. The first-order valence-electron chi connectivity index (χ1n) is 7.47. The lowest BCUT2D eigenvalue weighted by Crippen LogP contribution is -2.44. The third-order valence-electron chi connectivity index (χ3n) is 3.26. The molecule has 25 heavy (non-hydrogen) atoms. The number of anilines is 1. The number of rotatable bonds is 7. The number of sulfonamides is 1. The van der Waals surface area contributed by atoms with Crippen LogP contribution in [0.5, 0.6) is 0 Å². The molecule has 3 N–H and O–H groups in total. The third-order valence-corrected chi connectivity index (χ3v) is 4.81. The molecule has 0 saturated heterocycles. The van der Waals surface area contributed by atoms with E-state index in [0.29, 0.717) is 5.69 Å². The van der Waals surface area contributed by atoms with Gasteiger partial charge in [-0.1, -0.05) is 0 Å². The molecule has 0 bridgehead atoms. The molecule has 1 aromatic heterocycles. The van der Waals surface area contributed by atoms with Gasteiger partial charge in [0.1, 0.15) is 0 Å². The standard InChI is InChI=1S/C16H19N3O5S/c1-11(16(21)17-9-13-7-8-24-10-13)19-25(22,23)15-5-3-14(4-6-15)18-12(2)20/h3-8,10-11,19H,9H2,1-2H3,(H,17,21)(H,18,20)/t11-/m0/s1. The van der Waals surface area contributed by atoms with Gasteiger partial charge in [-0.2, -0.15) is 4.72 Å². The predicted octanol–water partition coefficient (Wildman–Crippen LogP) is 1.22. The zero-order chi connectivity index (χ0) is 18.4. The quantitative estimate of drug-likeness (QED) is 0.682. The van der Waals surface area contributed by atoms with Crippen LogP contribution in [0.15, 0.2) is 52.2 Å². The van der Waals surface area contributed by atoms with Gasteiger partial charge in [0.2, 0.25) is 21.8 Å². The normalized spacial score (nSPS) is 12.4. The Labute approximate surface area is 145 Å². The first-order chi connectivity index (χ1) is 11.8. The molecule has 1 aromatic carbocycles. The Morgan fingerprint density at radius 1 is 1.16 bits per heavy atom. The van der Waals surface area contributed by atoms with Crippen LogP contribution in [0.1, 0.15) is 19.4 Å². The molecule has 0 aliphatic rings. The van der Waals surface area contributed by atoms with Crippen molar-refractivity contribution in [3.63, 3.8) is 0 Å². The highest BCUT2D eigenvalue weighted by Gasteiger charge is 2.22. The van der Waals surface area contributed by atoms with Gasteiger partial charge in [0.05, 0.1) is 23.5 Å². The molecule has 1 heterocycles. The topological polar surface area (TPSA) is 118 Å². The molecule has 2 aromatic rings. The molecule has 0 spiro atoms. The Morgan fingerprint density at radius 2 is 1.84 bits per heavy atom. The van der Waals surface area contributed by atoms with Crippen LogP contribution in [0, 0.1) is 0 Å². The summed E-state index contributed by atoms with van der Waals surface area (Å²) in [5, 5.41) is 5.16. The smallest absolute Gasteiger partial charge is 0.241 e. The summed E-state index contributed by atoms with van der Waals surface area (Å²) in [5.74, 6) is -0.712. The van der Waals surface area contributed by atoms with Gasteiger partial charge in [0.15, 0.2) is 0 Å². The van der Waals surface area contributed by atoms with Gasteiger partial charge in [-0.05, 0) is 37.3 Å². The molecule has 0 fully saturated rings. The molecule has 1 atom stereocenters. The molecule has 0 aliphatic heterocycles. The summed E-state index contributed by atoms with van der Waals surface area (Å²) < 4.78 is 31.8. The molecule has 0 aliphatic carbocycles. The molecular formula is C16H19N3O5S. The fourth-order valence-electron chi connectivity index (χ4n) is 2.01. The second-order valence-electron chi connectivity index (χ2n) is 5.40. The van der Waals surface area contributed by atoms with E-state index in [1.807, 2.05) is 0 Å². The van der Waals surface area contributed by atoms with Crippen molar-refractivity contribution >= 4 is 27.5 Å². The van der Waals surface area contributed by atoms with E-state index in [4.69, 9.17) is 4.42 Å². The highest BCUT2D eigenvalue weighted by molar-refractivity contribution is 7.89. The molecule has 0 saturated carbocycles. The van der Waals surface area contributed by atoms with E-state index in [1.54, 1.807) is 6.07 Å². The fraction of sp³-hybridized carbons (Fsp3) is 0.250.